The van der Waals surface area contributed by atoms with Crippen LogP contribution >= 0.6 is 0 Å². The van der Waals surface area contributed by atoms with Crippen LogP contribution in [0.5, 0.6) is 0 Å². The van der Waals surface area contributed by atoms with Gasteiger partial charge in [0.2, 0.25) is 0 Å². The molecular formula is C12H27N3O3S. The molecule has 0 aromatic heterocycles. The van der Waals surface area contributed by atoms with E-state index in [0.717, 1.165) is 25.9 Å². The van der Waals surface area contributed by atoms with E-state index in [4.69, 9.17) is 4.74 Å². The summed E-state index contributed by atoms with van der Waals surface area (Å²) in [4.78, 5) is 0. The molecule has 0 spiro atoms. The molecule has 19 heavy (non-hydrogen) atoms. The topological polar surface area (TPSA) is 70.7 Å². The predicted octanol–water partition coefficient (Wildman–Crippen LogP) is 0.321. The van der Waals surface area contributed by atoms with E-state index < -0.39 is 10.2 Å². The zero-order valence-electron chi connectivity index (χ0n) is 12.0. The van der Waals surface area contributed by atoms with Crippen molar-refractivity contribution in [2.45, 2.75) is 39.2 Å². The van der Waals surface area contributed by atoms with Crippen molar-refractivity contribution in [1.29, 1.82) is 0 Å². The number of nitrogens with one attached hydrogen (secondary N) is 2. The highest BCUT2D eigenvalue weighted by Gasteiger charge is 2.17. The Morgan fingerprint density at radius 1 is 1.26 bits per heavy atom. The van der Waals surface area contributed by atoms with Crippen LogP contribution in [0.25, 0.3) is 0 Å². The maximum atomic E-state index is 11.8. The lowest BCUT2D eigenvalue weighted by Crippen LogP contribution is -2.41. The average molecular weight is 293 g/mol. The Morgan fingerprint density at radius 2 is 1.89 bits per heavy atom. The van der Waals surface area contributed by atoms with Gasteiger partial charge in [0.1, 0.15) is 0 Å². The fraction of sp³-hybridized carbons (Fsp3) is 1.00. The second-order valence-corrected chi connectivity index (χ2v) is 6.41. The fourth-order valence-corrected chi connectivity index (χ4v) is 3.40. The van der Waals surface area contributed by atoms with Gasteiger partial charge in [-0.3, -0.25) is 0 Å². The second kappa shape index (κ2) is 8.86. The first-order valence-electron chi connectivity index (χ1n) is 7.17. The molecule has 114 valence electrons. The van der Waals surface area contributed by atoms with Crippen molar-refractivity contribution in [3.63, 3.8) is 0 Å². The third-order valence-electron chi connectivity index (χ3n) is 3.29. The first-order chi connectivity index (χ1) is 9.10. The van der Waals surface area contributed by atoms with Crippen LogP contribution in [0.3, 0.4) is 0 Å². The van der Waals surface area contributed by atoms with Crippen molar-refractivity contribution in [1.82, 2.24) is 14.3 Å². The zero-order valence-corrected chi connectivity index (χ0v) is 12.8. The lowest BCUT2D eigenvalue weighted by atomic mass is 10.1. The lowest BCUT2D eigenvalue weighted by molar-refractivity contribution is 0.0322. The summed E-state index contributed by atoms with van der Waals surface area (Å²) in [7, 11) is -3.31. The van der Waals surface area contributed by atoms with Crippen LogP contribution in [0.2, 0.25) is 0 Å². The van der Waals surface area contributed by atoms with E-state index in [1.807, 2.05) is 13.8 Å². The minimum atomic E-state index is -3.31. The van der Waals surface area contributed by atoms with Gasteiger partial charge in [-0.25, -0.2) is 4.72 Å². The summed E-state index contributed by atoms with van der Waals surface area (Å²) in [6, 6.07) is 0. The van der Waals surface area contributed by atoms with Gasteiger partial charge in [0.05, 0.1) is 6.10 Å². The molecule has 0 bridgehead atoms. The highest BCUT2D eigenvalue weighted by Crippen LogP contribution is 2.07. The summed E-state index contributed by atoms with van der Waals surface area (Å²) in [5.74, 6) is 0. The number of piperidine rings is 1. The molecule has 1 aliphatic heterocycles. The van der Waals surface area contributed by atoms with Crippen molar-refractivity contribution >= 4 is 10.2 Å². The van der Waals surface area contributed by atoms with E-state index in [0.29, 0.717) is 38.8 Å². The summed E-state index contributed by atoms with van der Waals surface area (Å²) >= 11 is 0. The van der Waals surface area contributed by atoms with Crippen LogP contribution in [0, 0.1) is 0 Å². The van der Waals surface area contributed by atoms with Crippen molar-refractivity contribution < 1.29 is 13.2 Å². The monoisotopic (exact) mass is 293 g/mol. The Balaban J connectivity index is 2.12. The van der Waals surface area contributed by atoms with E-state index in [1.165, 1.54) is 4.31 Å². The van der Waals surface area contributed by atoms with Gasteiger partial charge < -0.3 is 10.1 Å². The molecule has 0 radical (unpaired) electrons. The van der Waals surface area contributed by atoms with Crippen molar-refractivity contribution in [2.75, 3.05) is 39.3 Å². The highest BCUT2D eigenvalue weighted by molar-refractivity contribution is 7.87. The minimum absolute atomic E-state index is 0.334. The molecule has 1 aliphatic rings. The summed E-state index contributed by atoms with van der Waals surface area (Å²) in [5, 5.41) is 3.28. The molecular weight excluding hydrogens is 266 g/mol. The third kappa shape index (κ3) is 6.18. The average Bonchev–Trinajstić information content (AvgIpc) is 2.40. The van der Waals surface area contributed by atoms with Gasteiger partial charge in [-0.1, -0.05) is 13.8 Å². The van der Waals surface area contributed by atoms with Crippen LogP contribution in [0.4, 0.5) is 0 Å². The van der Waals surface area contributed by atoms with Gasteiger partial charge in [0.25, 0.3) is 10.2 Å². The number of hydrogen-bond acceptors (Lipinski definition) is 4. The molecule has 0 amide bonds. The minimum Gasteiger partial charge on any atom is -0.378 e. The summed E-state index contributed by atoms with van der Waals surface area (Å²) in [6.45, 7) is 7.74. The van der Waals surface area contributed by atoms with Crippen LogP contribution < -0.4 is 10.0 Å². The quantitative estimate of drug-likeness (QED) is 0.601. The number of nitrogens with zero attached hydrogens (tertiary/aromatic N) is 1. The van der Waals surface area contributed by atoms with E-state index in [9.17, 15) is 8.42 Å². The predicted molar refractivity (Wildman–Crippen MR) is 76.3 cm³/mol. The Morgan fingerprint density at radius 3 is 2.47 bits per heavy atom. The molecule has 1 saturated heterocycles. The van der Waals surface area contributed by atoms with E-state index in [-0.39, 0.29) is 0 Å². The Bertz CT molecular complexity index is 325. The first kappa shape index (κ1) is 16.8. The van der Waals surface area contributed by atoms with Gasteiger partial charge in [0, 0.05) is 26.2 Å². The molecule has 6 nitrogen and oxygen atoms in total. The summed E-state index contributed by atoms with van der Waals surface area (Å²) in [5.41, 5.74) is 0. The van der Waals surface area contributed by atoms with Crippen LogP contribution in [0.15, 0.2) is 0 Å². The zero-order chi connectivity index (χ0) is 14.1. The van der Waals surface area contributed by atoms with Gasteiger partial charge in [-0.2, -0.15) is 12.7 Å². The van der Waals surface area contributed by atoms with E-state index >= 15 is 0 Å². The van der Waals surface area contributed by atoms with Crippen LogP contribution in [-0.4, -0.2) is 58.2 Å². The van der Waals surface area contributed by atoms with Gasteiger partial charge in [-0.15, -0.1) is 0 Å². The van der Waals surface area contributed by atoms with Crippen LogP contribution in [-0.2, 0) is 14.9 Å². The lowest BCUT2D eigenvalue weighted by Gasteiger charge is -2.23. The molecule has 0 aromatic rings. The van der Waals surface area contributed by atoms with Crippen molar-refractivity contribution in [3.8, 4) is 0 Å². The number of hydrogen-bond donors (Lipinski definition) is 2. The molecule has 2 N–H and O–H groups in total. The highest BCUT2D eigenvalue weighted by atomic mass is 32.2. The number of ether oxygens (including phenoxy) is 1. The Labute approximate surface area is 117 Å². The molecule has 7 heteroatoms. The third-order valence-corrected chi connectivity index (χ3v) is 5.06. The molecule has 1 heterocycles. The van der Waals surface area contributed by atoms with Crippen molar-refractivity contribution in [2.24, 2.45) is 0 Å². The van der Waals surface area contributed by atoms with Crippen LogP contribution in [0.1, 0.15) is 33.1 Å². The van der Waals surface area contributed by atoms with E-state index in [2.05, 4.69) is 10.0 Å². The molecule has 0 aliphatic carbocycles. The molecule has 0 saturated carbocycles. The molecule has 0 unspecified atom stereocenters. The van der Waals surface area contributed by atoms with Gasteiger partial charge >= 0.3 is 0 Å². The molecule has 0 aromatic carbocycles. The Hall–Kier alpha value is -0.210. The largest absolute Gasteiger partial charge is 0.378 e. The van der Waals surface area contributed by atoms with Gasteiger partial charge in [0.15, 0.2) is 0 Å². The second-order valence-electron chi connectivity index (χ2n) is 4.66. The standard InChI is InChI=1S/C12H27N3O3S/c1-3-15(4-2)19(16,17)14-8-5-11-18-12-6-9-13-10-7-12/h12-14H,3-11H2,1-2H3. The summed E-state index contributed by atoms with van der Waals surface area (Å²) in [6.07, 6.45) is 3.14. The first-order valence-corrected chi connectivity index (χ1v) is 8.61. The SMILES string of the molecule is CCN(CC)S(=O)(=O)NCCCOC1CCNCC1. The molecule has 0 atom stereocenters. The molecule has 1 rings (SSSR count). The normalized spacial score (nSPS) is 18.1. The summed E-state index contributed by atoms with van der Waals surface area (Å²) < 4.78 is 33.4. The maximum absolute atomic E-state index is 11.8. The van der Waals surface area contributed by atoms with Gasteiger partial charge in [-0.05, 0) is 32.4 Å². The smallest absolute Gasteiger partial charge is 0.279 e. The van der Waals surface area contributed by atoms with Crippen molar-refractivity contribution in [3.05, 3.63) is 0 Å². The Kier molecular flexibility index (Phi) is 7.86. The molecule has 1 fully saturated rings. The maximum Gasteiger partial charge on any atom is 0.279 e. The number of rotatable bonds is 9. The fourth-order valence-electron chi connectivity index (χ4n) is 2.14. The van der Waals surface area contributed by atoms with E-state index in [1.54, 1.807) is 0 Å².